The summed E-state index contributed by atoms with van der Waals surface area (Å²) >= 11 is 0. The normalized spacial score (nSPS) is 9.94. The van der Waals surface area contributed by atoms with Crippen LogP contribution in [-0.2, 0) is 13.6 Å². The van der Waals surface area contributed by atoms with Gasteiger partial charge in [-0.15, -0.1) is 0 Å². The van der Waals surface area contributed by atoms with Crippen LogP contribution in [0.25, 0.3) is 0 Å². The van der Waals surface area contributed by atoms with E-state index in [1.807, 2.05) is 6.07 Å². The number of nitrogens with zero attached hydrogens (tertiary/aromatic N) is 4. The molecular weight excluding hydrogens is 221 g/mol. The van der Waals surface area contributed by atoms with Gasteiger partial charge in [0.1, 0.15) is 12.1 Å². The Kier molecular flexibility index (Phi) is 3.01. The largest absolute Gasteiger partial charge is 0.375 e. The monoisotopic (exact) mass is 231 g/mol. The molecule has 0 aliphatic rings. The summed E-state index contributed by atoms with van der Waals surface area (Å²) in [5, 5.41) is 15.5. The minimum Gasteiger partial charge on any atom is -0.375 e. The minimum absolute atomic E-state index is 0.295. The zero-order chi connectivity index (χ0) is 12.3. The van der Waals surface area contributed by atoms with E-state index < -0.39 is 5.82 Å². The van der Waals surface area contributed by atoms with E-state index in [9.17, 15) is 4.39 Å². The highest BCUT2D eigenvalue weighted by molar-refractivity contribution is 5.48. The summed E-state index contributed by atoms with van der Waals surface area (Å²) < 4.78 is 15.1. The smallest absolute Gasteiger partial charge is 0.169 e. The van der Waals surface area contributed by atoms with Gasteiger partial charge in [-0.05, 0) is 18.2 Å². The maximum atomic E-state index is 13.5. The van der Waals surface area contributed by atoms with Gasteiger partial charge in [-0.25, -0.2) is 9.37 Å². The molecule has 1 N–H and O–H groups in total. The first-order valence-corrected chi connectivity index (χ1v) is 4.97. The highest BCUT2D eigenvalue weighted by atomic mass is 19.1. The third-order valence-electron chi connectivity index (χ3n) is 2.18. The number of benzene rings is 1. The molecule has 1 aromatic heterocycles. The van der Waals surface area contributed by atoms with Crippen LogP contribution < -0.4 is 5.32 Å². The third-order valence-corrected chi connectivity index (χ3v) is 2.18. The van der Waals surface area contributed by atoms with Crippen LogP contribution in [0.3, 0.4) is 0 Å². The van der Waals surface area contributed by atoms with E-state index >= 15 is 0 Å². The van der Waals surface area contributed by atoms with Gasteiger partial charge < -0.3 is 5.32 Å². The molecule has 0 unspecified atom stereocenters. The minimum atomic E-state index is -0.458. The predicted octanol–water partition coefficient (Wildman–Crippen LogP) is 1.44. The maximum Gasteiger partial charge on any atom is 0.169 e. The molecule has 0 fully saturated rings. The van der Waals surface area contributed by atoms with Crippen molar-refractivity contribution in [3.8, 4) is 6.07 Å². The van der Waals surface area contributed by atoms with Gasteiger partial charge in [0.15, 0.2) is 5.82 Å². The highest BCUT2D eigenvalue weighted by Gasteiger charge is 2.04. The molecule has 2 rings (SSSR count). The summed E-state index contributed by atoms with van der Waals surface area (Å²) in [6.45, 7) is 0.337. The summed E-state index contributed by atoms with van der Waals surface area (Å²) in [6.07, 6.45) is 1.58. The number of hydrogen-bond acceptors (Lipinski definition) is 4. The molecule has 6 heteroatoms. The standard InChI is InChI=1S/C11H10FN5/c1-17-7-15-11(16-17)6-14-10-3-2-8(5-13)4-9(10)12/h2-4,7,14H,6H2,1H3. The fourth-order valence-electron chi connectivity index (χ4n) is 1.37. The molecule has 17 heavy (non-hydrogen) atoms. The van der Waals surface area contributed by atoms with Crippen molar-refractivity contribution in [3.63, 3.8) is 0 Å². The van der Waals surface area contributed by atoms with Gasteiger partial charge in [-0.2, -0.15) is 10.4 Å². The zero-order valence-corrected chi connectivity index (χ0v) is 9.18. The lowest BCUT2D eigenvalue weighted by Gasteiger charge is -2.05. The number of rotatable bonds is 3. The van der Waals surface area contributed by atoms with Crippen molar-refractivity contribution >= 4 is 5.69 Å². The first-order chi connectivity index (χ1) is 8.19. The van der Waals surface area contributed by atoms with E-state index in [4.69, 9.17) is 5.26 Å². The molecule has 0 amide bonds. The number of aryl methyl sites for hydroxylation is 1. The Balaban J connectivity index is 2.07. The van der Waals surface area contributed by atoms with Gasteiger partial charge in [-0.1, -0.05) is 0 Å². The molecule has 86 valence electrons. The topological polar surface area (TPSA) is 66.5 Å². The molecule has 0 saturated heterocycles. The first kappa shape index (κ1) is 11.1. The molecular formula is C11H10FN5. The van der Waals surface area contributed by atoms with Gasteiger partial charge in [-0.3, -0.25) is 4.68 Å². The molecule has 0 atom stereocenters. The number of anilines is 1. The lowest BCUT2D eigenvalue weighted by molar-refractivity contribution is 0.629. The van der Waals surface area contributed by atoms with Crippen LogP contribution in [0.4, 0.5) is 10.1 Å². The summed E-state index contributed by atoms with van der Waals surface area (Å²) in [6, 6.07) is 6.14. The Morgan fingerprint density at radius 3 is 2.94 bits per heavy atom. The molecule has 2 aromatic rings. The maximum absolute atomic E-state index is 13.5. The van der Waals surface area contributed by atoms with Crippen molar-refractivity contribution in [2.45, 2.75) is 6.54 Å². The van der Waals surface area contributed by atoms with E-state index in [2.05, 4.69) is 15.4 Å². The van der Waals surface area contributed by atoms with Crippen molar-refractivity contribution in [3.05, 3.63) is 41.7 Å². The number of hydrogen-bond donors (Lipinski definition) is 1. The second-order valence-electron chi connectivity index (χ2n) is 3.49. The number of nitrogens with one attached hydrogen (secondary N) is 1. The van der Waals surface area contributed by atoms with Gasteiger partial charge in [0.25, 0.3) is 0 Å². The summed E-state index contributed by atoms with van der Waals surface area (Å²) in [5.41, 5.74) is 0.625. The summed E-state index contributed by atoms with van der Waals surface area (Å²) in [4.78, 5) is 4.01. The van der Waals surface area contributed by atoms with E-state index in [-0.39, 0.29) is 0 Å². The van der Waals surface area contributed by atoms with E-state index in [1.165, 1.54) is 12.1 Å². The predicted molar refractivity (Wildman–Crippen MR) is 59.4 cm³/mol. The van der Waals surface area contributed by atoms with Gasteiger partial charge in [0, 0.05) is 7.05 Å². The molecule has 0 aliphatic carbocycles. The highest BCUT2D eigenvalue weighted by Crippen LogP contribution is 2.15. The molecule has 1 heterocycles. The summed E-state index contributed by atoms with van der Waals surface area (Å²) in [5.74, 6) is 0.122. The van der Waals surface area contributed by atoms with Crippen LogP contribution in [0.5, 0.6) is 0 Å². The van der Waals surface area contributed by atoms with Gasteiger partial charge in [0.05, 0.1) is 23.9 Å². The average molecular weight is 231 g/mol. The van der Waals surface area contributed by atoms with Crippen LogP contribution in [0.2, 0.25) is 0 Å². The third kappa shape index (κ3) is 2.58. The average Bonchev–Trinajstić information content (AvgIpc) is 2.73. The molecule has 1 aromatic carbocycles. The molecule has 0 radical (unpaired) electrons. The van der Waals surface area contributed by atoms with Crippen LogP contribution >= 0.6 is 0 Å². The number of halogens is 1. The fourth-order valence-corrected chi connectivity index (χ4v) is 1.37. The van der Waals surface area contributed by atoms with Crippen molar-refractivity contribution in [2.75, 3.05) is 5.32 Å². The van der Waals surface area contributed by atoms with Crippen LogP contribution in [0.15, 0.2) is 24.5 Å². The quantitative estimate of drug-likeness (QED) is 0.867. The van der Waals surface area contributed by atoms with Crippen LogP contribution in [0.1, 0.15) is 11.4 Å². The van der Waals surface area contributed by atoms with Crippen LogP contribution in [0, 0.1) is 17.1 Å². The lowest BCUT2D eigenvalue weighted by atomic mass is 10.2. The first-order valence-electron chi connectivity index (χ1n) is 4.97. The van der Waals surface area contributed by atoms with Gasteiger partial charge in [0.2, 0.25) is 0 Å². The number of nitriles is 1. The second kappa shape index (κ2) is 4.61. The SMILES string of the molecule is Cn1cnc(CNc2ccc(C#N)cc2F)n1. The van der Waals surface area contributed by atoms with Crippen molar-refractivity contribution in [2.24, 2.45) is 7.05 Å². The Hall–Kier alpha value is -2.42. The second-order valence-corrected chi connectivity index (χ2v) is 3.49. The Morgan fingerprint density at radius 1 is 1.53 bits per heavy atom. The molecule has 0 spiro atoms. The van der Waals surface area contributed by atoms with Crippen molar-refractivity contribution in [1.82, 2.24) is 14.8 Å². The van der Waals surface area contributed by atoms with Crippen LogP contribution in [-0.4, -0.2) is 14.8 Å². The molecule has 5 nitrogen and oxygen atoms in total. The Morgan fingerprint density at radius 2 is 2.35 bits per heavy atom. The van der Waals surface area contributed by atoms with E-state index in [0.717, 1.165) is 0 Å². The zero-order valence-electron chi connectivity index (χ0n) is 9.18. The Bertz CT molecular complexity index is 569. The van der Waals surface area contributed by atoms with Gasteiger partial charge >= 0.3 is 0 Å². The number of aromatic nitrogens is 3. The van der Waals surface area contributed by atoms with Crippen molar-refractivity contribution in [1.29, 1.82) is 5.26 Å². The lowest BCUT2D eigenvalue weighted by Crippen LogP contribution is -2.04. The van der Waals surface area contributed by atoms with E-state index in [0.29, 0.717) is 23.6 Å². The fraction of sp³-hybridized carbons (Fsp3) is 0.182. The molecule has 0 bridgehead atoms. The van der Waals surface area contributed by atoms with Crippen molar-refractivity contribution < 1.29 is 4.39 Å². The summed E-state index contributed by atoms with van der Waals surface area (Å²) in [7, 11) is 1.76. The van der Waals surface area contributed by atoms with E-state index in [1.54, 1.807) is 24.1 Å². The molecule has 0 saturated carbocycles. The Labute approximate surface area is 97.5 Å². The molecule has 0 aliphatic heterocycles.